The second-order valence-corrected chi connectivity index (χ2v) is 2.79. The van der Waals surface area contributed by atoms with Gasteiger partial charge in [0.25, 0.3) is 0 Å². The maximum Gasteiger partial charge on any atom is 0.121 e. The second kappa shape index (κ2) is 2.43. The lowest BCUT2D eigenvalue weighted by Gasteiger charge is -1.85. The van der Waals surface area contributed by atoms with Crippen molar-refractivity contribution in [2.24, 2.45) is 7.05 Å². The summed E-state index contributed by atoms with van der Waals surface area (Å²) in [5, 5.41) is 5.33. The predicted molar refractivity (Wildman–Crippen MR) is 39.7 cm³/mol. The Hall–Kier alpha value is -0.440. The van der Waals surface area contributed by atoms with E-state index in [4.69, 9.17) is 0 Å². The summed E-state index contributed by atoms with van der Waals surface area (Å²) in [6.07, 6.45) is 4.06. The minimum atomic E-state index is 1.12. The van der Waals surface area contributed by atoms with Crippen molar-refractivity contribution in [3.8, 4) is 0 Å². The molecule has 0 saturated carbocycles. The summed E-state index contributed by atoms with van der Waals surface area (Å²) in [5.74, 6) is 0. The number of aryl methyl sites for hydroxylation is 2. The van der Waals surface area contributed by atoms with E-state index in [1.807, 2.05) is 24.2 Å². The fourth-order valence-corrected chi connectivity index (χ4v) is 1.37. The van der Waals surface area contributed by atoms with Gasteiger partial charge in [-0.3, -0.25) is 4.68 Å². The van der Waals surface area contributed by atoms with Crippen LogP contribution in [0, 0.1) is 6.92 Å². The van der Waals surface area contributed by atoms with Gasteiger partial charge in [0.2, 0.25) is 0 Å². The fourth-order valence-electron chi connectivity index (χ4n) is 0.788. The molecule has 0 aliphatic heterocycles. The molecule has 0 aromatic carbocycles. The zero-order valence-corrected chi connectivity index (χ0v) is 6.70. The van der Waals surface area contributed by atoms with Gasteiger partial charge in [-0.1, -0.05) is 0 Å². The third-order valence-corrected chi connectivity index (χ3v) is 1.95. The Balaban J connectivity index is 3.01. The molecule has 0 aliphatic carbocycles. The van der Waals surface area contributed by atoms with Crippen LogP contribution in [0.15, 0.2) is 11.2 Å². The van der Waals surface area contributed by atoms with Gasteiger partial charge in [-0.25, -0.2) is 0 Å². The second-order valence-electron chi connectivity index (χ2n) is 2.00. The zero-order chi connectivity index (χ0) is 6.85. The summed E-state index contributed by atoms with van der Waals surface area (Å²) < 4.78 is 1.83. The normalized spacial score (nSPS) is 10.1. The largest absolute Gasteiger partial charge is 0.274 e. The highest BCUT2D eigenvalue weighted by molar-refractivity contribution is 7.98. The first-order valence-electron chi connectivity index (χ1n) is 2.78. The Morgan fingerprint density at radius 1 is 1.67 bits per heavy atom. The van der Waals surface area contributed by atoms with Crippen LogP contribution in [0.3, 0.4) is 0 Å². The smallest absolute Gasteiger partial charge is 0.121 e. The minimum Gasteiger partial charge on any atom is -0.274 e. The van der Waals surface area contributed by atoms with Crippen LogP contribution >= 0.6 is 11.8 Å². The quantitative estimate of drug-likeness (QED) is 0.552. The first kappa shape index (κ1) is 6.68. The standard InChI is InChI=1S/C6H10N2S/c1-5-4-8(2)7-6(5)9-3/h4H,1-3H3. The van der Waals surface area contributed by atoms with Crippen LogP contribution in [0.5, 0.6) is 0 Å². The maximum atomic E-state index is 4.21. The molecule has 50 valence electrons. The Bertz CT molecular complexity index is 205. The third-order valence-electron chi connectivity index (χ3n) is 1.16. The number of thioether (sulfide) groups is 1. The van der Waals surface area contributed by atoms with E-state index in [2.05, 4.69) is 12.0 Å². The molecule has 0 amide bonds. The molecule has 0 atom stereocenters. The average Bonchev–Trinajstić information content (AvgIpc) is 2.10. The highest BCUT2D eigenvalue weighted by Gasteiger charge is 1.98. The molecule has 0 spiro atoms. The van der Waals surface area contributed by atoms with E-state index < -0.39 is 0 Å². The van der Waals surface area contributed by atoms with Gasteiger partial charge in [0, 0.05) is 18.8 Å². The van der Waals surface area contributed by atoms with E-state index in [0.29, 0.717) is 0 Å². The number of hydrogen-bond donors (Lipinski definition) is 0. The first-order chi connectivity index (χ1) is 4.24. The van der Waals surface area contributed by atoms with Crippen molar-refractivity contribution in [2.75, 3.05) is 6.26 Å². The van der Waals surface area contributed by atoms with Gasteiger partial charge in [-0.15, -0.1) is 11.8 Å². The van der Waals surface area contributed by atoms with E-state index in [1.54, 1.807) is 11.8 Å². The maximum absolute atomic E-state index is 4.21. The fraction of sp³-hybridized carbons (Fsp3) is 0.500. The lowest BCUT2D eigenvalue weighted by Crippen LogP contribution is -1.85. The van der Waals surface area contributed by atoms with Crippen LogP contribution in [0.4, 0.5) is 0 Å². The van der Waals surface area contributed by atoms with Crippen molar-refractivity contribution in [3.63, 3.8) is 0 Å². The molecular formula is C6H10N2S. The molecule has 9 heavy (non-hydrogen) atoms. The third kappa shape index (κ3) is 1.27. The van der Waals surface area contributed by atoms with Gasteiger partial charge in [0.05, 0.1) is 0 Å². The summed E-state index contributed by atoms with van der Waals surface area (Å²) in [7, 11) is 1.94. The van der Waals surface area contributed by atoms with Crippen LogP contribution < -0.4 is 0 Å². The minimum absolute atomic E-state index is 1.12. The van der Waals surface area contributed by atoms with Crippen LogP contribution in [0.2, 0.25) is 0 Å². The van der Waals surface area contributed by atoms with Crippen molar-refractivity contribution in [2.45, 2.75) is 11.9 Å². The lowest BCUT2D eigenvalue weighted by atomic mass is 10.4. The molecule has 0 aliphatic rings. The highest BCUT2D eigenvalue weighted by atomic mass is 32.2. The van der Waals surface area contributed by atoms with Gasteiger partial charge in [0.1, 0.15) is 5.03 Å². The molecule has 1 heterocycles. The molecule has 0 bridgehead atoms. The lowest BCUT2D eigenvalue weighted by molar-refractivity contribution is 0.738. The van der Waals surface area contributed by atoms with E-state index in [-0.39, 0.29) is 0 Å². The summed E-state index contributed by atoms with van der Waals surface area (Å²) in [5.41, 5.74) is 1.25. The molecule has 0 unspecified atom stereocenters. The number of aromatic nitrogens is 2. The van der Waals surface area contributed by atoms with Crippen molar-refractivity contribution in [1.29, 1.82) is 0 Å². The molecule has 1 rings (SSSR count). The van der Waals surface area contributed by atoms with Gasteiger partial charge >= 0.3 is 0 Å². The van der Waals surface area contributed by atoms with Gasteiger partial charge in [0.15, 0.2) is 0 Å². The van der Waals surface area contributed by atoms with Gasteiger partial charge < -0.3 is 0 Å². The molecule has 0 saturated heterocycles. The van der Waals surface area contributed by atoms with Crippen LogP contribution in [-0.4, -0.2) is 16.0 Å². The van der Waals surface area contributed by atoms with E-state index in [0.717, 1.165) is 5.03 Å². The van der Waals surface area contributed by atoms with E-state index in [1.165, 1.54) is 5.56 Å². The number of rotatable bonds is 1. The van der Waals surface area contributed by atoms with Crippen molar-refractivity contribution < 1.29 is 0 Å². The molecule has 3 heteroatoms. The van der Waals surface area contributed by atoms with Crippen LogP contribution in [-0.2, 0) is 7.05 Å². The molecule has 0 N–H and O–H groups in total. The average molecular weight is 142 g/mol. The molecular weight excluding hydrogens is 132 g/mol. The van der Waals surface area contributed by atoms with Crippen LogP contribution in [0.25, 0.3) is 0 Å². The van der Waals surface area contributed by atoms with Crippen molar-refractivity contribution >= 4 is 11.8 Å². The summed E-state index contributed by atoms with van der Waals surface area (Å²) in [4.78, 5) is 0. The van der Waals surface area contributed by atoms with E-state index >= 15 is 0 Å². The SMILES string of the molecule is CSc1nn(C)cc1C. The molecule has 1 aromatic rings. The predicted octanol–water partition coefficient (Wildman–Crippen LogP) is 1.45. The molecule has 0 fully saturated rings. The van der Waals surface area contributed by atoms with Crippen molar-refractivity contribution in [1.82, 2.24) is 9.78 Å². The van der Waals surface area contributed by atoms with Crippen LogP contribution in [0.1, 0.15) is 5.56 Å². The van der Waals surface area contributed by atoms with Gasteiger partial charge in [-0.2, -0.15) is 5.10 Å². The summed E-state index contributed by atoms with van der Waals surface area (Å²) >= 11 is 1.68. The van der Waals surface area contributed by atoms with Gasteiger partial charge in [-0.05, 0) is 13.2 Å². The van der Waals surface area contributed by atoms with E-state index in [9.17, 15) is 0 Å². The monoisotopic (exact) mass is 142 g/mol. The molecule has 0 radical (unpaired) electrons. The Morgan fingerprint density at radius 3 is 2.56 bits per heavy atom. The van der Waals surface area contributed by atoms with Crippen molar-refractivity contribution in [3.05, 3.63) is 11.8 Å². The Labute approximate surface area is 59.3 Å². The number of hydrogen-bond acceptors (Lipinski definition) is 2. The number of nitrogens with zero attached hydrogens (tertiary/aromatic N) is 2. The highest BCUT2D eigenvalue weighted by Crippen LogP contribution is 2.15. The summed E-state index contributed by atoms with van der Waals surface area (Å²) in [6, 6.07) is 0. The molecule has 1 aromatic heterocycles. The first-order valence-corrected chi connectivity index (χ1v) is 4.00. The Kier molecular flexibility index (Phi) is 1.81. The molecule has 2 nitrogen and oxygen atoms in total. The summed E-state index contributed by atoms with van der Waals surface area (Å²) in [6.45, 7) is 2.07. The topological polar surface area (TPSA) is 17.8 Å². The zero-order valence-electron chi connectivity index (χ0n) is 5.88. The Morgan fingerprint density at radius 2 is 2.33 bits per heavy atom.